The molecular formula is C14H13FN2S. The molecule has 1 N–H and O–H groups in total. The highest BCUT2D eigenvalue weighted by molar-refractivity contribution is 7.12. The van der Waals surface area contributed by atoms with Gasteiger partial charge in [0.15, 0.2) is 0 Å². The Labute approximate surface area is 110 Å². The average molecular weight is 260 g/mol. The first-order valence-electron chi connectivity index (χ1n) is 5.58. The molecule has 2 aromatic rings. The zero-order chi connectivity index (χ0) is 13.1. The quantitative estimate of drug-likeness (QED) is 0.898. The molecule has 1 aromatic heterocycles. The Morgan fingerprint density at radius 1 is 1.28 bits per heavy atom. The van der Waals surface area contributed by atoms with Gasteiger partial charge >= 0.3 is 0 Å². The standard InChI is InChI=1S/C14H13FN2S/c1-9-5-11(15)7-12(6-9)17-13(8-16)14-4-3-10(2)18-14/h3-7,13,17H,1-2H3. The van der Waals surface area contributed by atoms with E-state index in [0.717, 1.165) is 15.3 Å². The molecule has 1 aromatic carbocycles. The van der Waals surface area contributed by atoms with Gasteiger partial charge in [0.1, 0.15) is 11.9 Å². The fraction of sp³-hybridized carbons (Fsp3) is 0.214. The van der Waals surface area contributed by atoms with Crippen molar-refractivity contribution in [3.63, 3.8) is 0 Å². The normalized spacial score (nSPS) is 11.9. The van der Waals surface area contributed by atoms with Crippen LogP contribution in [-0.2, 0) is 0 Å². The number of halogens is 1. The van der Waals surface area contributed by atoms with E-state index in [9.17, 15) is 9.65 Å². The Hall–Kier alpha value is -1.86. The van der Waals surface area contributed by atoms with Gasteiger partial charge in [0.25, 0.3) is 0 Å². The Balaban J connectivity index is 2.23. The summed E-state index contributed by atoms with van der Waals surface area (Å²) in [6.45, 7) is 3.82. The Bertz CT molecular complexity index is 578. The van der Waals surface area contributed by atoms with Crippen LogP contribution in [0.5, 0.6) is 0 Å². The molecule has 0 aliphatic heterocycles. The Morgan fingerprint density at radius 3 is 2.61 bits per heavy atom. The molecule has 0 bridgehead atoms. The van der Waals surface area contributed by atoms with Gasteiger partial charge in [-0.2, -0.15) is 5.26 Å². The third-order valence-corrected chi connectivity index (χ3v) is 3.59. The first-order valence-corrected chi connectivity index (χ1v) is 6.40. The number of nitrogens with one attached hydrogen (secondary N) is 1. The molecule has 0 saturated carbocycles. The lowest BCUT2D eigenvalue weighted by Crippen LogP contribution is -2.07. The van der Waals surface area contributed by atoms with E-state index in [2.05, 4.69) is 11.4 Å². The van der Waals surface area contributed by atoms with Crippen molar-refractivity contribution in [2.45, 2.75) is 19.9 Å². The van der Waals surface area contributed by atoms with Crippen LogP contribution in [0.1, 0.15) is 21.4 Å². The Morgan fingerprint density at radius 2 is 2.06 bits per heavy atom. The molecule has 0 radical (unpaired) electrons. The van der Waals surface area contributed by atoms with Crippen LogP contribution >= 0.6 is 11.3 Å². The lowest BCUT2D eigenvalue weighted by atomic mass is 10.2. The van der Waals surface area contributed by atoms with Crippen molar-refractivity contribution in [3.05, 3.63) is 51.5 Å². The predicted octanol–water partition coefficient (Wildman–Crippen LogP) is 4.18. The van der Waals surface area contributed by atoms with Crippen molar-refractivity contribution in [1.82, 2.24) is 0 Å². The van der Waals surface area contributed by atoms with E-state index >= 15 is 0 Å². The van der Waals surface area contributed by atoms with Crippen LogP contribution in [0.15, 0.2) is 30.3 Å². The molecule has 0 saturated heterocycles. The molecule has 0 aliphatic rings. The van der Waals surface area contributed by atoms with Crippen molar-refractivity contribution in [1.29, 1.82) is 5.26 Å². The van der Waals surface area contributed by atoms with Crippen LogP contribution in [0.25, 0.3) is 0 Å². The molecule has 0 aliphatic carbocycles. The van der Waals surface area contributed by atoms with Crippen LogP contribution in [0.4, 0.5) is 10.1 Å². The predicted molar refractivity (Wildman–Crippen MR) is 72.2 cm³/mol. The second-order valence-electron chi connectivity index (χ2n) is 4.17. The van der Waals surface area contributed by atoms with Gasteiger partial charge in [-0.05, 0) is 49.7 Å². The van der Waals surface area contributed by atoms with Crippen LogP contribution in [0.3, 0.4) is 0 Å². The van der Waals surface area contributed by atoms with Crippen molar-refractivity contribution in [2.75, 3.05) is 5.32 Å². The van der Waals surface area contributed by atoms with Gasteiger partial charge < -0.3 is 5.32 Å². The van der Waals surface area contributed by atoms with E-state index in [1.807, 2.05) is 32.0 Å². The molecule has 18 heavy (non-hydrogen) atoms. The summed E-state index contributed by atoms with van der Waals surface area (Å²) in [5.41, 5.74) is 1.46. The minimum atomic E-state index is -0.440. The number of aryl methyl sites for hydroxylation is 2. The summed E-state index contributed by atoms with van der Waals surface area (Å²) >= 11 is 1.57. The molecular weight excluding hydrogens is 247 g/mol. The van der Waals surface area contributed by atoms with Gasteiger partial charge in [-0.3, -0.25) is 0 Å². The molecule has 2 nitrogen and oxygen atoms in total. The smallest absolute Gasteiger partial charge is 0.149 e. The largest absolute Gasteiger partial charge is 0.365 e. The van der Waals surface area contributed by atoms with Crippen LogP contribution in [0, 0.1) is 31.0 Å². The lowest BCUT2D eigenvalue weighted by Gasteiger charge is -2.12. The van der Waals surface area contributed by atoms with Gasteiger partial charge in [0.05, 0.1) is 6.07 Å². The van der Waals surface area contributed by atoms with Crippen LogP contribution < -0.4 is 5.32 Å². The second kappa shape index (κ2) is 5.19. The molecule has 2 rings (SSSR count). The number of hydrogen-bond acceptors (Lipinski definition) is 3. The van der Waals surface area contributed by atoms with E-state index in [1.54, 1.807) is 11.3 Å². The fourth-order valence-electron chi connectivity index (χ4n) is 1.76. The van der Waals surface area contributed by atoms with E-state index < -0.39 is 6.04 Å². The molecule has 1 heterocycles. The van der Waals surface area contributed by atoms with Crippen molar-refractivity contribution >= 4 is 17.0 Å². The van der Waals surface area contributed by atoms with Crippen LogP contribution in [-0.4, -0.2) is 0 Å². The monoisotopic (exact) mass is 260 g/mol. The van der Waals surface area contributed by atoms with E-state index in [4.69, 9.17) is 0 Å². The second-order valence-corrected chi connectivity index (χ2v) is 5.49. The van der Waals surface area contributed by atoms with E-state index in [-0.39, 0.29) is 5.82 Å². The van der Waals surface area contributed by atoms with Gasteiger partial charge in [0, 0.05) is 15.4 Å². The Kier molecular flexibility index (Phi) is 3.63. The molecule has 0 spiro atoms. The summed E-state index contributed by atoms with van der Waals surface area (Å²) in [5, 5.41) is 12.2. The molecule has 1 atom stereocenters. The van der Waals surface area contributed by atoms with Gasteiger partial charge in [-0.1, -0.05) is 0 Å². The van der Waals surface area contributed by atoms with Gasteiger partial charge in [0.2, 0.25) is 0 Å². The van der Waals surface area contributed by atoms with Crippen LogP contribution in [0.2, 0.25) is 0 Å². The number of benzene rings is 1. The molecule has 0 amide bonds. The molecule has 4 heteroatoms. The van der Waals surface area contributed by atoms with Gasteiger partial charge in [-0.25, -0.2) is 4.39 Å². The number of thiophene rings is 1. The maximum atomic E-state index is 13.3. The zero-order valence-electron chi connectivity index (χ0n) is 10.2. The summed E-state index contributed by atoms with van der Waals surface area (Å²) in [5.74, 6) is -0.295. The number of hydrogen-bond donors (Lipinski definition) is 1. The molecule has 1 unspecified atom stereocenters. The zero-order valence-corrected chi connectivity index (χ0v) is 11.0. The van der Waals surface area contributed by atoms with Gasteiger partial charge in [-0.15, -0.1) is 11.3 Å². The first kappa shape index (κ1) is 12.6. The minimum Gasteiger partial charge on any atom is -0.365 e. The molecule has 0 fully saturated rings. The molecule has 92 valence electrons. The number of nitrogens with zero attached hydrogens (tertiary/aromatic N) is 1. The third-order valence-electron chi connectivity index (χ3n) is 2.53. The fourth-order valence-corrected chi connectivity index (χ4v) is 2.64. The van der Waals surface area contributed by atoms with E-state index in [1.165, 1.54) is 12.1 Å². The summed E-state index contributed by atoms with van der Waals surface area (Å²) < 4.78 is 13.3. The summed E-state index contributed by atoms with van der Waals surface area (Å²) in [6.07, 6.45) is 0. The lowest BCUT2D eigenvalue weighted by molar-refractivity contribution is 0.627. The summed E-state index contributed by atoms with van der Waals surface area (Å²) in [7, 11) is 0. The summed E-state index contributed by atoms with van der Waals surface area (Å²) in [4.78, 5) is 2.10. The average Bonchev–Trinajstić information content (AvgIpc) is 2.71. The first-order chi connectivity index (χ1) is 8.58. The van der Waals surface area contributed by atoms with Crippen molar-refractivity contribution in [2.24, 2.45) is 0 Å². The number of rotatable bonds is 3. The van der Waals surface area contributed by atoms with E-state index in [0.29, 0.717) is 5.69 Å². The highest BCUT2D eigenvalue weighted by atomic mass is 32.1. The number of anilines is 1. The maximum absolute atomic E-state index is 13.3. The highest BCUT2D eigenvalue weighted by Crippen LogP contribution is 2.26. The maximum Gasteiger partial charge on any atom is 0.149 e. The third kappa shape index (κ3) is 2.88. The SMILES string of the molecule is Cc1cc(F)cc(NC(C#N)c2ccc(C)s2)c1. The minimum absolute atomic E-state index is 0.295. The van der Waals surface area contributed by atoms with Crippen molar-refractivity contribution < 1.29 is 4.39 Å². The number of nitriles is 1. The van der Waals surface area contributed by atoms with Crippen molar-refractivity contribution in [3.8, 4) is 6.07 Å². The topological polar surface area (TPSA) is 35.8 Å². The highest BCUT2D eigenvalue weighted by Gasteiger charge is 2.12. The summed E-state index contributed by atoms with van der Waals surface area (Å²) in [6, 6.07) is 10.3.